The van der Waals surface area contributed by atoms with Crippen LogP contribution in [0.2, 0.25) is 0 Å². The lowest BCUT2D eigenvalue weighted by Crippen LogP contribution is -2.00. The van der Waals surface area contributed by atoms with Crippen molar-refractivity contribution in [2.75, 3.05) is 0 Å². The van der Waals surface area contributed by atoms with E-state index in [0.717, 1.165) is 35.7 Å². The fourth-order valence-electron chi connectivity index (χ4n) is 6.13. The van der Waals surface area contributed by atoms with Crippen molar-refractivity contribution in [3.8, 4) is 22.9 Å². The average Bonchev–Trinajstić information content (AvgIpc) is 3.51. The number of aryl methyl sites for hydroxylation is 1. The van der Waals surface area contributed by atoms with Crippen molar-refractivity contribution in [2.24, 2.45) is 0 Å². The second kappa shape index (κ2) is 8.78. The molecule has 1 aliphatic rings. The van der Waals surface area contributed by atoms with Gasteiger partial charge < -0.3 is 13.9 Å². The van der Waals surface area contributed by atoms with Gasteiger partial charge in [0.2, 0.25) is 0 Å². The molecule has 7 aromatic rings. The summed E-state index contributed by atoms with van der Waals surface area (Å²) >= 11 is 0. The largest absolute Gasteiger partial charge is 0.457 e. The van der Waals surface area contributed by atoms with Crippen LogP contribution in [-0.2, 0) is 6.42 Å². The van der Waals surface area contributed by atoms with E-state index in [-0.39, 0.29) is 0 Å². The second-order valence-electron chi connectivity index (χ2n) is 10.1. The summed E-state index contributed by atoms with van der Waals surface area (Å²) in [4.78, 5) is 0. The number of ether oxygens (including phenoxy) is 1. The molecular weight excluding hydrogens is 476 g/mol. The molecule has 186 valence electrons. The van der Waals surface area contributed by atoms with Gasteiger partial charge in [0.05, 0.1) is 16.6 Å². The number of para-hydroxylation sites is 3. The molecule has 0 bridgehead atoms. The van der Waals surface area contributed by atoms with Gasteiger partial charge in [-0.05, 0) is 91.2 Å². The van der Waals surface area contributed by atoms with Crippen LogP contribution in [-0.4, -0.2) is 9.13 Å². The topological polar surface area (TPSA) is 19.1 Å². The summed E-state index contributed by atoms with van der Waals surface area (Å²) < 4.78 is 11.0. The molecule has 0 spiro atoms. The lowest BCUT2D eigenvalue weighted by molar-refractivity contribution is 0.482. The van der Waals surface area contributed by atoms with Crippen molar-refractivity contribution < 1.29 is 4.74 Å². The molecule has 0 unspecified atom stereocenters. The lowest BCUT2D eigenvalue weighted by atomic mass is 10.0. The van der Waals surface area contributed by atoms with Crippen LogP contribution >= 0.6 is 0 Å². The fourth-order valence-corrected chi connectivity index (χ4v) is 6.13. The van der Waals surface area contributed by atoms with Crippen LogP contribution < -0.4 is 4.74 Å². The minimum absolute atomic E-state index is 0.819. The highest BCUT2D eigenvalue weighted by Gasteiger charge is 2.18. The molecule has 0 N–H and O–H groups in total. The van der Waals surface area contributed by atoms with E-state index in [0.29, 0.717) is 0 Å². The first-order valence-corrected chi connectivity index (χ1v) is 13.5. The maximum atomic E-state index is 6.27. The highest BCUT2D eigenvalue weighted by atomic mass is 16.5. The summed E-state index contributed by atoms with van der Waals surface area (Å²) in [5.74, 6) is 1.64. The van der Waals surface area contributed by atoms with Crippen LogP contribution in [0.25, 0.3) is 50.2 Å². The monoisotopic (exact) mass is 502 g/mol. The quantitative estimate of drug-likeness (QED) is 0.234. The van der Waals surface area contributed by atoms with Crippen LogP contribution in [0.4, 0.5) is 0 Å². The maximum Gasteiger partial charge on any atom is 0.127 e. The maximum absolute atomic E-state index is 6.27. The van der Waals surface area contributed by atoms with E-state index in [9.17, 15) is 0 Å². The predicted octanol–water partition coefficient (Wildman–Crippen LogP) is 9.48. The molecule has 1 aliphatic carbocycles. The zero-order chi connectivity index (χ0) is 25.8. The highest BCUT2D eigenvalue weighted by Crippen LogP contribution is 2.35. The number of nitrogens with zero attached hydrogens (tertiary/aromatic N) is 2. The number of benzene rings is 5. The van der Waals surface area contributed by atoms with Gasteiger partial charge in [0.15, 0.2) is 0 Å². The van der Waals surface area contributed by atoms with Gasteiger partial charge in [0.25, 0.3) is 0 Å². The van der Waals surface area contributed by atoms with E-state index in [1.54, 1.807) is 0 Å². The smallest absolute Gasteiger partial charge is 0.127 e. The fraction of sp³-hybridized carbons (Fsp3) is 0.0556. The molecule has 0 fully saturated rings. The minimum Gasteiger partial charge on any atom is -0.457 e. The second-order valence-corrected chi connectivity index (χ2v) is 10.1. The van der Waals surface area contributed by atoms with Crippen LogP contribution in [0.1, 0.15) is 17.7 Å². The molecule has 0 aliphatic heterocycles. The van der Waals surface area contributed by atoms with Crippen LogP contribution in [0.3, 0.4) is 0 Å². The Kier molecular flexibility index (Phi) is 4.95. The van der Waals surface area contributed by atoms with Gasteiger partial charge in [0, 0.05) is 33.2 Å². The number of hydrogen-bond acceptors (Lipinski definition) is 1. The zero-order valence-electron chi connectivity index (χ0n) is 21.4. The van der Waals surface area contributed by atoms with Crippen molar-refractivity contribution >= 4 is 38.8 Å². The summed E-state index contributed by atoms with van der Waals surface area (Å²) in [6.45, 7) is 0. The molecule has 39 heavy (non-hydrogen) atoms. The van der Waals surface area contributed by atoms with Gasteiger partial charge in [-0.3, -0.25) is 0 Å². The molecule has 2 heterocycles. The highest BCUT2D eigenvalue weighted by molar-refractivity contribution is 6.09. The molecular formula is C36H26N2O. The third-order valence-electron chi connectivity index (χ3n) is 7.86. The van der Waals surface area contributed by atoms with Gasteiger partial charge in [-0.25, -0.2) is 0 Å². The standard InChI is InChI=1S/C36H26N2O/c1-5-13-33-29(9-1)30-10-2-6-14-34(30)37(33)25-17-21-27(22-18-25)39-28-23-19-26(20-24-28)38-35-15-7-3-11-31(35)32-12-4-8-16-36(32)38/h1-3,5-11,13-24H,4,12H2. The predicted molar refractivity (Wildman–Crippen MR) is 161 cm³/mol. The molecule has 3 heteroatoms. The SMILES string of the molecule is C1=Cc2c(c3ccccc3n2-c2ccc(Oc3ccc(-n4c5ccccc5c5ccccc54)cc3)cc2)CC1. The summed E-state index contributed by atoms with van der Waals surface area (Å²) in [5.41, 5.74) is 8.66. The number of hydrogen-bond donors (Lipinski definition) is 0. The van der Waals surface area contributed by atoms with E-state index in [4.69, 9.17) is 4.74 Å². The Balaban J connectivity index is 1.11. The van der Waals surface area contributed by atoms with Gasteiger partial charge >= 0.3 is 0 Å². The molecule has 0 atom stereocenters. The summed E-state index contributed by atoms with van der Waals surface area (Å²) in [7, 11) is 0. The van der Waals surface area contributed by atoms with Crippen LogP contribution in [0.5, 0.6) is 11.5 Å². The Morgan fingerprint density at radius 3 is 1.56 bits per heavy atom. The van der Waals surface area contributed by atoms with Gasteiger partial charge in [-0.2, -0.15) is 0 Å². The van der Waals surface area contributed by atoms with Crippen molar-refractivity contribution in [3.05, 3.63) is 139 Å². The van der Waals surface area contributed by atoms with E-state index in [2.05, 4.69) is 130 Å². The zero-order valence-corrected chi connectivity index (χ0v) is 21.4. The number of fused-ring (bicyclic) bond motifs is 6. The van der Waals surface area contributed by atoms with Gasteiger partial charge in [-0.1, -0.05) is 60.7 Å². The average molecular weight is 503 g/mol. The van der Waals surface area contributed by atoms with Crippen LogP contribution in [0.15, 0.2) is 127 Å². The Morgan fingerprint density at radius 2 is 0.974 bits per heavy atom. The summed E-state index contributed by atoms with van der Waals surface area (Å²) in [6, 6.07) is 42.6. The molecule has 0 saturated heterocycles. The van der Waals surface area contributed by atoms with Crippen molar-refractivity contribution in [3.63, 3.8) is 0 Å². The van der Waals surface area contributed by atoms with E-state index in [1.807, 2.05) is 12.1 Å². The molecule has 5 aromatic carbocycles. The molecule has 8 rings (SSSR count). The summed E-state index contributed by atoms with van der Waals surface area (Å²) in [5, 5.41) is 3.88. The van der Waals surface area contributed by atoms with Crippen molar-refractivity contribution in [1.29, 1.82) is 0 Å². The van der Waals surface area contributed by atoms with E-state index < -0.39 is 0 Å². The van der Waals surface area contributed by atoms with E-state index in [1.165, 1.54) is 44.0 Å². The minimum atomic E-state index is 0.819. The molecule has 0 saturated carbocycles. The van der Waals surface area contributed by atoms with Gasteiger partial charge in [-0.15, -0.1) is 0 Å². The number of rotatable bonds is 4. The van der Waals surface area contributed by atoms with Crippen molar-refractivity contribution in [1.82, 2.24) is 9.13 Å². The normalized spacial score (nSPS) is 12.8. The lowest BCUT2D eigenvalue weighted by Gasteiger charge is -2.13. The first-order valence-electron chi connectivity index (χ1n) is 13.5. The third-order valence-corrected chi connectivity index (χ3v) is 7.86. The van der Waals surface area contributed by atoms with E-state index >= 15 is 0 Å². The number of aromatic nitrogens is 2. The van der Waals surface area contributed by atoms with Crippen molar-refractivity contribution in [2.45, 2.75) is 12.8 Å². The summed E-state index contributed by atoms with van der Waals surface area (Å²) in [6.07, 6.45) is 6.73. The molecule has 0 amide bonds. The Hall–Kier alpha value is -5.02. The Bertz CT molecular complexity index is 1970. The van der Waals surface area contributed by atoms with Crippen LogP contribution in [0, 0.1) is 0 Å². The first-order chi connectivity index (χ1) is 19.3. The molecule has 3 nitrogen and oxygen atoms in total. The third kappa shape index (κ3) is 3.51. The molecule has 0 radical (unpaired) electrons. The Morgan fingerprint density at radius 1 is 0.487 bits per heavy atom. The molecule has 2 aromatic heterocycles. The number of allylic oxidation sites excluding steroid dienone is 1. The first kappa shape index (κ1) is 22.0. The Labute approximate surface area is 226 Å². The van der Waals surface area contributed by atoms with Gasteiger partial charge in [0.1, 0.15) is 11.5 Å².